The highest BCUT2D eigenvalue weighted by atomic mass is 16.5. The Kier molecular flexibility index (Phi) is 5.28. The molecule has 0 spiro atoms. The fourth-order valence-electron chi connectivity index (χ4n) is 4.20. The molecule has 1 aliphatic carbocycles. The molecule has 0 saturated heterocycles. The van der Waals surface area contributed by atoms with E-state index in [0.717, 1.165) is 41.0 Å². The SMILES string of the molecule is COc1cc(-c2ccccc2C2=CC(Oc3ccccc3)=CCC2)cc2ccccc12. The molecular weight excluding hydrogens is 380 g/mol. The molecule has 4 aromatic carbocycles. The molecule has 0 atom stereocenters. The van der Waals surface area contributed by atoms with Crippen molar-refractivity contribution in [2.45, 2.75) is 12.8 Å². The Bertz CT molecular complexity index is 1280. The van der Waals surface area contributed by atoms with Gasteiger partial charge in [0.25, 0.3) is 0 Å². The Hall–Kier alpha value is -3.78. The molecule has 0 unspecified atom stereocenters. The van der Waals surface area contributed by atoms with E-state index in [1.807, 2.05) is 36.4 Å². The van der Waals surface area contributed by atoms with Gasteiger partial charge >= 0.3 is 0 Å². The highest BCUT2D eigenvalue weighted by Crippen LogP contribution is 2.38. The second-order valence-electron chi connectivity index (χ2n) is 7.68. The third-order valence-corrected chi connectivity index (χ3v) is 5.68. The van der Waals surface area contributed by atoms with E-state index in [0.29, 0.717) is 0 Å². The molecule has 152 valence electrons. The van der Waals surface area contributed by atoms with E-state index in [-0.39, 0.29) is 0 Å². The third-order valence-electron chi connectivity index (χ3n) is 5.68. The topological polar surface area (TPSA) is 18.5 Å². The number of para-hydroxylation sites is 1. The first-order chi connectivity index (χ1) is 15.3. The second-order valence-corrected chi connectivity index (χ2v) is 7.68. The fraction of sp³-hybridized carbons (Fsp3) is 0.103. The molecule has 1 aliphatic rings. The van der Waals surface area contributed by atoms with Crippen LogP contribution in [0, 0.1) is 0 Å². The highest BCUT2D eigenvalue weighted by Gasteiger charge is 2.15. The molecule has 0 aliphatic heterocycles. The van der Waals surface area contributed by atoms with Crippen molar-refractivity contribution in [3.63, 3.8) is 0 Å². The Morgan fingerprint density at radius 1 is 0.742 bits per heavy atom. The van der Waals surface area contributed by atoms with Crippen LogP contribution in [0.5, 0.6) is 11.5 Å². The first-order valence-electron chi connectivity index (χ1n) is 10.6. The largest absolute Gasteiger partial charge is 0.496 e. The number of ether oxygens (including phenoxy) is 2. The molecule has 2 heteroatoms. The summed E-state index contributed by atoms with van der Waals surface area (Å²) >= 11 is 0. The van der Waals surface area contributed by atoms with Crippen molar-refractivity contribution in [2.75, 3.05) is 7.11 Å². The predicted octanol–water partition coefficient (Wildman–Crippen LogP) is 7.66. The van der Waals surface area contributed by atoms with Gasteiger partial charge in [-0.2, -0.15) is 0 Å². The first kappa shape index (κ1) is 19.2. The van der Waals surface area contributed by atoms with Crippen LogP contribution >= 0.6 is 0 Å². The van der Waals surface area contributed by atoms with Gasteiger partial charge in [-0.25, -0.2) is 0 Å². The first-order valence-corrected chi connectivity index (χ1v) is 10.6. The van der Waals surface area contributed by atoms with Crippen LogP contribution in [0.25, 0.3) is 27.5 Å². The van der Waals surface area contributed by atoms with Gasteiger partial charge in [-0.3, -0.25) is 0 Å². The van der Waals surface area contributed by atoms with Crippen LogP contribution in [0.3, 0.4) is 0 Å². The molecule has 0 heterocycles. The standard InChI is InChI=1S/C29H24O2/c1-30-29-20-23(18-21-10-5-6-17-28(21)29)27-16-8-7-15-26(27)22-11-9-14-25(19-22)31-24-12-3-2-4-13-24/h2-8,10,12-20H,9,11H2,1H3. The monoisotopic (exact) mass is 404 g/mol. The zero-order valence-electron chi connectivity index (χ0n) is 17.5. The van der Waals surface area contributed by atoms with Crippen molar-refractivity contribution in [3.8, 4) is 22.6 Å². The molecule has 31 heavy (non-hydrogen) atoms. The van der Waals surface area contributed by atoms with E-state index in [1.54, 1.807) is 7.11 Å². The Balaban J connectivity index is 1.56. The predicted molar refractivity (Wildman–Crippen MR) is 128 cm³/mol. The van der Waals surface area contributed by atoms with Gasteiger partial charge in [0.2, 0.25) is 0 Å². The minimum atomic E-state index is 0.860. The second kappa shape index (κ2) is 8.53. The molecule has 4 aromatic rings. The van der Waals surface area contributed by atoms with Crippen LogP contribution in [0.1, 0.15) is 18.4 Å². The average Bonchev–Trinajstić information content (AvgIpc) is 2.84. The van der Waals surface area contributed by atoms with E-state index in [2.05, 4.69) is 66.7 Å². The van der Waals surface area contributed by atoms with Crippen molar-refractivity contribution in [2.24, 2.45) is 0 Å². The lowest BCUT2D eigenvalue weighted by Gasteiger charge is -2.18. The summed E-state index contributed by atoms with van der Waals surface area (Å²) in [6.45, 7) is 0. The van der Waals surface area contributed by atoms with Crippen LogP contribution < -0.4 is 9.47 Å². The lowest BCUT2D eigenvalue weighted by atomic mass is 9.89. The summed E-state index contributed by atoms with van der Waals surface area (Å²) in [7, 11) is 1.74. The quantitative estimate of drug-likeness (QED) is 0.340. The summed E-state index contributed by atoms with van der Waals surface area (Å²) in [5.41, 5.74) is 4.89. The van der Waals surface area contributed by atoms with Gasteiger partial charge in [-0.15, -0.1) is 0 Å². The van der Waals surface area contributed by atoms with E-state index in [9.17, 15) is 0 Å². The van der Waals surface area contributed by atoms with Gasteiger partial charge in [0.05, 0.1) is 7.11 Å². The van der Waals surface area contributed by atoms with Crippen molar-refractivity contribution in [1.82, 2.24) is 0 Å². The summed E-state index contributed by atoms with van der Waals surface area (Å²) in [5, 5.41) is 2.31. The number of hydrogen-bond acceptors (Lipinski definition) is 2. The highest BCUT2D eigenvalue weighted by molar-refractivity contribution is 5.94. The van der Waals surface area contributed by atoms with Gasteiger partial charge in [0.1, 0.15) is 17.3 Å². The summed E-state index contributed by atoms with van der Waals surface area (Å²) in [4.78, 5) is 0. The number of hydrogen-bond donors (Lipinski definition) is 0. The number of methoxy groups -OCH3 is 1. The summed E-state index contributed by atoms with van der Waals surface area (Å²) in [5.74, 6) is 2.66. The van der Waals surface area contributed by atoms with E-state index in [1.165, 1.54) is 22.1 Å². The minimum absolute atomic E-state index is 0.860. The summed E-state index contributed by atoms with van der Waals surface area (Å²) < 4.78 is 11.8. The number of allylic oxidation sites excluding steroid dienone is 3. The van der Waals surface area contributed by atoms with Crippen LogP contribution in [0.4, 0.5) is 0 Å². The van der Waals surface area contributed by atoms with Gasteiger partial charge in [-0.1, -0.05) is 66.7 Å². The molecule has 0 fully saturated rings. The van der Waals surface area contributed by atoms with Gasteiger partial charge in [0.15, 0.2) is 0 Å². The minimum Gasteiger partial charge on any atom is -0.496 e. The smallest absolute Gasteiger partial charge is 0.127 e. The molecule has 0 radical (unpaired) electrons. The lowest BCUT2D eigenvalue weighted by molar-refractivity contribution is 0.420. The average molecular weight is 405 g/mol. The van der Waals surface area contributed by atoms with E-state index >= 15 is 0 Å². The summed E-state index contributed by atoms with van der Waals surface area (Å²) in [6.07, 6.45) is 6.29. The third kappa shape index (κ3) is 3.97. The molecule has 2 nitrogen and oxygen atoms in total. The Morgan fingerprint density at radius 2 is 1.48 bits per heavy atom. The lowest BCUT2D eigenvalue weighted by Crippen LogP contribution is -2.00. The van der Waals surface area contributed by atoms with Crippen molar-refractivity contribution in [3.05, 3.63) is 114 Å². The normalized spacial score (nSPS) is 13.5. The van der Waals surface area contributed by atoms with Gasteiger partial charge in [-0.05, 0) is 76.9 Å². The van der Waals surface area contributed by atoms with E-state index in [4.69, 9.17) is 9.47 Å². The molecular formula is C29H24O2. The summed E-state index contributed by atoms with van der Waals surface area (Å²) in [6, 6.07) is 31.3. The zero-order valence-corrected chi connectivity index (χ0v) is 17.5. The van der Waals surface area contributed by atoms with Crippen LogP contribution in [-0.4, -0.2) is 7.11 Å². The maximum absolute atomic E-state index is 6.11. The number of benzene rings is 4. The van der Waals surface area contributed by atoms with Crippen molar-refractivity contribution in [1.29, 1.82) is 0 Å². The van der Waals surface area contributed by atoms with Crippen LogP contribution in [0.2, 0.25) is 0 Å². The van der Waals surface area contributed by atoms with Crippen molar-refractivity contribution >= 4 is 16.3 Å². The van der Waals surface area contributed by atoms with Gasteiger partial charge < -0.3 is 9.47 Å². The molecule has 5 rings (SSSR count). The fourth-order valence-corrected chi connectivity index (χ4v) is 4.20. The number of rotatable bonds is 5. The molecule has 0 saturated carbocycles. The zero-order chi connectivity index (χ0) is 21.0. The molecule has 0 amide bonds. The van der Waals surface area contributed by atoms with E-state index < -0.39 is 0 Å². The Labute approximate surface area is 183 Å². The molecule has 0 bridgehead atoms. The molecule has 0 aromatic heterocycles. The molecule has 0 N–H and O–H groups in total. The Morgan fingerprint density at radius 3 is 2.32 bits per heavy atom. The van der Waals surface area contributed by atoms with Crippen LogP contribution in [0.15, 0.2) is 109 Å². The van der Waals surface area contributed by atoms with Gasteiger partial charge in [0, 0.05) is 5.39 Å². The maximum atomic E-state index is 6.11. The number of fused-ring (bicyclic) bond motifs is 1. The van der Waals surface area contributed by atoms with Crippen molar-refractivity contribution < 1.29 is 9.47 Å². The maximum Gasteiger partial charge on any atom is 0.127 e. The van der Waals surface area contributed by atoms with Crippen LogP contribution in [-0.2, 0) is 0 Å².